The number of carbonyl (C=O) groups excluding carboxylic acids is 2. The zero-order valence-corrected chi connectivity index (χ0v) is 16.4. The van der Waals surface area contributed by atoms with Crippen molar-refractivity contribution in [3.8, 4) is 5.75 Å². The topological polar surface area (TPSA) is 101 Å². The van der Waals surface area contributed by atoms with Crippen molar-refractivity contribution in [2.45, 2.75) is 12.4 Å². The predicted molar refractivity (Wildman–Crippen MR) is 104 cm³/mol. The number of urea groups is 1. The number of hydrogen-bond acceptors (Lipinski definition) is 5. The molecule has 1 aromatic heterocycles. The van der Waals surface area contributed by atoms with Crippen LogP contribution < -0.4 is 20.3 Å². The van der Waals surface area contributed by atoms with E-state index in [1.54, 1.807) is 12.1 Å². The number of hydrogen-bond donors (Lipinski definition) is 2. The summed E-state index contributed by atoms with van der Waals surface area (Å²) in [6.45, 7) is -0.268. The van der Waals surface area contributed by atoms with Gasteiger partial charge in [0.1, 0.15) is 12.3 Å². The molecule has 1 aromatic carbocycles. The minimum Gasteiger partial charge on any atom is -0.406 e. The SMILES string of the molecule is CS(=O)CC(NC(=O)N1CC(=O)Nc2cccnc21)c1ccc(OC(F)(F)F)cc1. The van der Waals surface area contributed by atoms with Crippen LogP contribution in [0.5, 0.6) is 5.75 Å². The van der Waals surface area contributed by atoms with Gasteiger partial charge in [0.05, 0.1) is 11.7 Å². The van der Waals surface area contributed by atoms with Crippen LogP contribution in [-0.4, -0.2) is 46.0 Å². The molecule has 160 valence electrons. The highest BCUT2D eigenvalue weighted by atomic mass is 32.2. The summed E-state index contributed by atoms with van der Waals surface area (Å²) in [4.78, 5) is 30.0. The number of fused-ring (bicyclic) bond motifs is 1. The number of benzene rings is 1. The highest BCUT2D eigenvalue weighted by Gasteiger charge is 2.32. The van der Waals surface area contributed by atoms with E-state index in [1.165, 1.54) is 24.6 Å². The summed E-state index contributed by atoms with van der Waals surface area (Å²) in [5, 5.41) is 5.28. The largest absolute Gasteiger partial charge is 0.573 e. The summed E-state index contributed by atoms with van der Waals surface area (Å²) < 4.78 is 52.6. The number of nitrogens with zero attached hydrogens (tertiary/aromatic N) is 2. The fraction of sp³-hybridized carbons (Fsp3) is 0.278. The van der Waals surface area contributed by atoms with Crippen LogP contribution >= 0.6 is 0 Å². The van der Waals surface area contributed by atoms with E-state index in [2.05, 4.69) is 20.4 Å². The molecule has 0 bridgehead atoms. The molecule has 0 saturated heterocycles. The Morgan fingerprint density at radius 1 is 1.33 bits per heavy atom. The summed E-state index contributed by atoms with van der Waals surface area (Å²) in [6.07, 6.45) is -1.92. The Labute approximate surface area is 171 Å². The highest BCUT2D eigenvalue weighted by Crippen LogP contribution is 2.28. The van der Waals surface area contributed by atoms with E-state index in [0.29, 0.717) is 11.3 Å². The normalized spacial score (nSPS) is 15.6. The number of alkyl halides is 3. The number of rotatable bonds is 5. The van der Waals surface area contributed by atoms with Crippen molar-refractivity contribution in [2.24, 2.45) is 0 Å². The van der Waals surface area contributed by atoms with E-state index in [-0.39, 0.29) is 18.1 Å². The van der Waals surface area contributed by atoms with E-state index in [1.807, 2.05) is 0 Å². The lowest BCUT2D eigenvalue weighted by Gasteiger charge is -2.29. The van der Waals surface area contributed by atoms with Gasteiger partial charge in [-0.15, -0.1) is 13.2 Å². The number of anilines is 2. The number of pyridine rings is 1. The molecule has 3 amide bonds. The molecule has 0 radical (unpaired) electrons. The van der Waals surface area contributed by atoms with Gasteiger partial charge in [-0.3, -0.25) is 13.9 Å². The Bertz CT molecular complexity index is 969. The van der Waals surface area contributed by atoms with E-state index in [0.717, 1.165) is 17.0 Å². The van der Waals surface area contributed by atoms with Crippen LogP contribution in [0, 0.1) is 0 Å². The second-order valence-corrected chi connectivity index (χ2v) is 7.85. The first-order chi connectivity index (χ1) is 14.1. The number of carbonyl (C=O) groups is 2. The molecule has 2 heterocycles. The summed E-state index contributed by atoms with van der Waals surface area (Å²) in [5.74, 6) is -0.560. The molecule has 2 N–H and O–H groups in total. The van der Waals surface area contributed by atoms with E-state index >= 15 is 0 Å². The van der Waals surface area contributed by atoms with Gasteiger partial charge in [0.15, 0.2) is 5.82 Å². The lowest BCUT2D eigenvalue weighted by molar-refractivity contribution is -0.274. The summed E-state index contributed by atoms with van der Waals surface area (Å²) in [7, 11) is -1.33. The molecule has 1 aliphatic rings. The number of nitrogens with one attached hydrogen (secondary N) is 2. The number of halogens is 3. The molecule has 2 atom stereocenters. The Balaban J connectivity index is 1.81. The number of ether oxygens (including phenoxy) is 1. The quantitative estimate of drug-likeness (QED) is 0.741. The second kappa shape index (κ2) is 8.69. The van der Waals surface area contributed by atoms with Crippen molar-refractivity contribution < 1.29 is 31.7 Å². The molecule has 0 spiro atoms. The zero-order chi connectivity index (χ0) is 21.9. The van der Waals surface area contributed by atoms with Gasteiger partial charge in [0, 0.05) is 29.0 Å². The van der Waals surface area contributed by atoms with Crippen LogP contribution in [0.25, 0.3) is 0 Å². The van der Waals surface area contributed by atoms with Gasteiger partial charge in [0.25, 0.3) is 0 Å². The third kappa shape index (κ3) is 5.47. The molecule has 2 aromatic rings. The molecule has 0 saturated carbocycles. The molecule has 12 heteroatoms. The third-order valence-corrected chi connectivity index (χ3v) is 4.88. The number of aromatic nitrogens is 1. The standard InChI is InChI=1S/C18H17F3N4O4S/c1-30(28)10-14(11-4-6-12(7-5-11)29-18(19,20)21)24-17(27)25-9-15(26)23-13-3-2-8-22-16(13)25/h2-8,14H,9-10H2,1H3,(H,23,26)(H,24,27). The Kier molecular flexibility index (Phi) is 6.25. The zero-order valence-electron chi connectivity index (χ0n) is 15.6. The smallest absolute Gasteiger partial charge is 0.406 e. The van der Waals surface area contributed by atoms with Crippen LogP contribution in [0.3, 0.4) is 0 Å². The number of amides is 3. The third-order valence-electron chi connectivity index (χ3n) is 4.08. The van der Waals surface area contributed by atoms with E-state index < -0.39 is 40.9 Å². The average molecular weight is 442 g/mol. The van der Waals surface area contributed by atoms with Crippen molar-refractivity contribution >= 4 is 34.2 Å². The molecule has 8 nitrogen and oxygen atoms in total. The van der Waals surface area contributed by atoms with Crippen molar-refractivity contribution in [3.05, 3.63) is 48.2 Å². The summed E-state index contributed by atoms with van der Waals surface area (Å²) >= 11 is 0. The summed E-state index contributed by atoms with van der Waals surface area (Å²) in [6, 6.07) is 6.65. The van der Waals surface area contributed by atoms with Gasteiger partial charge in [-0.1, -0.05) is 12.1 Å². The lowest BCUT2D eigenvalue weighted by atomic mass is 10.1. The first-order valence-corrected chi connectivity index (χ1v) is 10.3. The molecular weight excluding hydrogens is 425 g/mol. The maximum Gasteiger partial charge on any atom is 0.573 e. The molecule has 0 fully saturated rings. The van der Waals surface area contributed by atoms with Crippen LogP contribution in [0.2, 0.25) is 0 Å². The fourth-order valence-electron chi connectivity index (χ4n) is 2.87. The van der Waals surface area contributed by atoms with Crippen LogP contribution in [0.4, 0.5) is 29.5 Å². The van der Waals surface area contributed by atoms with Gasteiger partial charge in [-0.2, -0.15) is 0 Å². The monoisotopic (exact) mass is 442 g/mol. The van der Waals surface area contributed by atoms with Gasteiger partial charge < -0.3 is 15.4 Å². The van der Waals surface area contributed by atoms with Crippen LogP contribution in [-0.2, 0) is 15.6 Å². The fourth-order valence-corrected chi connectivity index (χ4v) is 3.62. The molecule has 0 aliphatic carbocycles. The Hall–Kier alpha value is -3.15. The highest BCUT2D eigenvalue weighted by molar-refractivity contribution is 7.84. The summed E-state index contributed by atoms with van der Waals surface area (Å²) in [5.41, 5.74) is 0.795. The predicted octanol–water partition coefficient (Wildman–Crippen LogP) is 2.57. The van der Waals surface area contributed by atoms with Crippen molar-refractivity contribution in [2.75, 3.05) is 28.8 Å². The first-order valence-electron chi connectivity index (χ1n) is 8.61. The lowest BCUT2D eigenvalue weighted by Crippen LogP contribution is -2.49. The minimum absolute atomic E-state index is 0.0142. The van der Waals surface area contributed by atoms with Gasteiger partial charge in [-0.25, -0.2) is 9.78 Å². The van der Waals surface area contributed by atoms with Gasteiger partial charge in [-0.05, 0) is 29.8 Å². The Morgan fingerprint density at radius 2 is 2.03 bits per heavy atom. The van der Waals surface area contributed by atoms with Crippen molar-refractivity contribution in [3.63, 3.8) is 0 Å². The molecule has 2 unspecified atom stereocenters. The van der Waals surface area contributed by atoms with E-state index in [4.69, 9.17) is 0 Å². The maximum atomic E-state index is 12.8. The average Bonchev–Trinajstić information content (AvgIpc) is 2.65. The minimum atomic E-state index is -4.82. The van der Waals surface area contributed by atoms with E-state index in [9.17, 15) is 27.0 Å². The van der Waals surface area contributed by atoms with Crippen LogP contribution in [0.15, 0.2) is 42.6 Å². The Morgan fingerprint density at radius 3 is 2.67 bits per heavy atom. The molecule has 30 heavy (non-hydrogen) atoms. The molecular formula is C18H17F3N4O4S. The van der Waals surface area contributed by atoms with Crippen molar-refractivity contribution in [1.29, 1.82) is 0 Å². The van der Waals surface area contributed by atoms with Crippen molar-refractivity contribution in [1.82, 2.24) is 10.3 Å². The van der Waals surface area contributed by atoms with Gasteiger partial charge in [0.2, 0.25) is 5.91 Å². The van der Waals surface area contributed by atoms with Gasteiger partial charge >= 0.3 is 12.4 Å². The maximum absolute atomic E-state index is 12.8. The van der Waals surface area contributed by atoms with Crippen LogP contribution in [0.1, 0.15) is 11.6 Å². The first kappa shape index (κ1) is 21.6. The second-order valence-electron chi connectivity index (χ2n) is 6.37. The molecule has 1 aliphatic heterocycles. The molecule has 3 rings (SSSR count).